The number of amides is 2. The van der Waals surface area contributed by atoms with Crippen molar-refractivity contribution in [2.75, 3.05) is 10.6 Å². The van der Waals surface area contributed by atoms with Crippen molar-refractivity contribution in [1.82, 2.24) is 9.38 Å². The molecule has 0 bridgehead atoms. The van der Waals surface area contributed by atoms with Gasteiger partial charge in [-0.25, -0.2) is 9.78 Å². The number of nitrogens with one attached hydrogen (secondary N) is 2. The number of rotatable bonds is 5. The molecule has 0 spiro atoms. The molecule has 4 aromatic rings. The quantitative estimate of drug-likeness (QED) is 0.440. The third kappa shape index (κ3) is 4.90. The van der Waals surface area contributed by atoms with Crippen LogP contribution in [-0.2, 0) is 6.61 Å². The number of ether oxygens (including phenoxy) is 1. The molecular formula is C24H21ClN4O3. The Morgan fingerprint density at radius 2 is 1.88 bits per heavy atom. The van der Waals surface area contributed by atoms with Crippen LogP contribution in [0.15, 0.2) is 71.7 Å². The van der Waals surface area contributed by atoms with E-state index in [1.165, 1.54) is 10.5 Å². The van der Waals surface area contributed by atoms with Crippen LogP contribution in [0.2, 0.25) is 5.02 Å². The smallest absolute Gasteiger partial charge is 0.323 e. The van der Waals surface area contributed by atoms with E-state index in [9.17, 15) is 9.59 Å². The van der Waals surface area contributed by atoms with E-state index >= 15 is 0 Å². The van der Waals surface area contributed by atoms with Gasteiger partial charge in [0.15, 0.2) is 0 Å². The van der Waals surface area contributed by atoms with Gasteiger partial charge in [-0.15, -0.1) is 0 Å². The van der Waals surface area contributed by atoms with Crippen molar-refractivity contribution in [1.29, 1.82) is 0 Å². The van der Waals surface area contributed by atoms with Crippen molar-refractivity contribution < 1.29 is 9.53 Å². The maximum atomic E-state index is 12.4. The fourth-order valence-electron chi connectivity index (χ4n) is 3.22. The molecule has 2 N–H and O–H groups in total. The summed E-state index contributed by atoms with van der Waals surface area (Å²) in [6, 6.07) is 17.0. The summed E-state index contributed by atoms with van der Waals surface area (Å²) in [7, 11) is 0. The molecule has 0 aliphatic carbocycles. The molecule has 0 aliphatic rings. The van der Waals surface area contributed by atoms with Gasteiger partial charge in [0.2, 0.25) is 0 Å². The van der Waals surface area contributed by atoms with Crippen molar-refractivity contribution in [3.05, 3.63) is 99.1 Å². The van der Waals surface area contributed by atoms with Crippen LogP contribution in [0.3, 0.4) is 0 Å². The molecule has 0 fully saturated rings. The third-order valence-electron chi connectivity index (χ3n) is 4.87. The maximum absolute atomic E-state index is 12.4. The fraction of sp³-hybridized carbons (Fsp3) is 0.125. The first kappa shape index (κ1) is 21.4. The average molecular weight is 449 g/mol. The second-order valence-corrected chi connectivity index (χ2v) is 7.76. The van der Waals surface area contributed by atoms with Crippen LogP contribution in [0.25, 0.3) is 5.65 Å². The highest BCUT2D eigenvalue weighted by Crippen LogP contribution is 2.22. The molecule has 7 nitrogen and oxygen atoms in total. The van der Waals surface area contributed by atoms with E-state index in [4.69, 9.17) is 16.3 Å². The normalized spacial score (nSPS) is 10.7. The minimum absolute atomic E-state index is 0.122. The predicted octanol–water partition coefficient (Wildman–Crippen LogP) is 5.19. The molecule has 2 aromatic carbocycles. The highest BCUT2D eigenvalue weighted by Gasteiger charge is 2.08. The Labute approximate surface area is 189 Å². The van der Waals surface area contributed by atoms with E-state index in [-0.39, 0.29) is 12.2 Å². The van der Waals surface area contributed by atoms with E-state index in [1.54, 1.807) is 42.6 Å². The molecule has 2 amide bonds. The fourth-order valence-corrected chi connectivity index (χ4v) is 3.39. The number of hydrogen-bond acceptors (Lipinski definition) is 4. The van der Waals surface area contributed by atoms with E-state index in [0.717, 1.165) is 11.1 Å². The molecule has 0 unspecified atom stereocenters. The number of pyridine rings is 1. The van der Waals surface area contributed by atoms with Gasteiger partial charge in [0, 0.05) is 34.7 Å². The van der Waals surface area contributed by atoms with Crippen molar-refractivity contribution in [2.24, 2.45) is 0 Å². The predicted molar refractivity (Wildman–Crippen MR) is 126 cm³/mol. The summed E-state index contributed by atoms with van der Waals surface area (Å²) in [5.74, 6) is 0.536. The van der Waals surface area contributed by atoms with Crippen LogP contribution in [0.4, 0.5) is 16.2 Å². The zero-order valence-electron chi connectivity index (χ0n) is 17.6. The third-order valence-corrected chi connectivity index (χ3v) is 5.10. The van der Waals surface area contributed by atoms with Crippen molar-refractivity contribution in [3.8, 4) is 5.75 Å². The van der Waals surface area contributed by atoms with Crippen LogP contribution in [0.1, 0.15) is 16.8 Å². The van der Waals surface area contributed by atoms with Gasteiger partial charge in [0.25, 0.3) is 5.56 Å². The van der Waals surface area contributed by atoms with Crippen molar-refractivity contribution in [3.63, 3.8) is 0 Å². The average Bonchev–Trinajstić information content (AvgIpc) is 2.76. The maximum Gasteiger partial charge on any atom is 0.323 e. The van der Waals surface area contributed by atoms with E-state index in [0.29, 0.717) is 33.5 Å². The number of anilines is 2. The highest BCUT2D eigenvalue weighted by molar-refractivity contribution is 6.31. The summed E-state index contributed by atoms with van der Waals surface area (Å²) < 4.78 is 7.31. The molecule has 4 rings (SSSR count). The molecule has 0 atom stereocenters. The second kappa shape index (κ2) is 9.11. The minimum Gasteiger partial charge on any atom is -0.487 e. The van der Waals surface area contributed by atoms with E-state index < -0.39 is 6.03 Å². The SMILES string of the molecule is Cc1ccc(Cl)cc1NC(=O)Nc1cccc(OCc2cc(=O)n3cccc(C)c3n2)c1. The minimum atomic E-state index is -0.396. The van der Waals surface area contributed by atoms with Crippen LogP contribution >= 0.6 is 11.6 Å². The Morgan fingerprint density at radius 1 is 1.03 bits per heavy atom. The van der Waals surface area contributed by atoms with Gasteiger partial charge in [-0.1, -0.05) is 29.8 Å². The summed E-state index contributed by atoms with van der Waals surface area (Å²) in [5, 5.41) is 6.10. The zero-order valence-corrected chi connectivity index (χ0v) is 18.3. The standard InChI is InChI=1S/C24H21ClN4O3/c1-15-8-9-17(25)11-21(15)28-24(31)27-18-6-3-7-20(12-18)32-14-19-13-22(30)29-10-4-5-16(2)23(29)26-19/h3-13H,14H2,1-2H3,(H2,27,28,31). The summed E-state index contributed by atoms with van der Waals surface area (Å²) in [6.07, 6.45) is 1.69. The van der Waals surface area contributed by atoms with Gasteiger partial charge < -0.3 is 15.4 Å². The Bertz CT molecular complexity index is 1370. The number of aromatic nitrogens is 2. The lowest BCUT2D eigenvalue weighted by Gasteiger charge is -2.12. The van der Waals surface area contributed by atoms with Crippen LogP contribution in [-0.4, -0.2) is 15.4 Å². The number of carbonyl (C=O) groups excluding carboxylic acids is 1. The lowest BCUT2D eigenvalue weighted by Crippen LogP contribution is -2.20. The number of benzene rings is 2. The number of urea groups is 1. The van der Waals surface area contributed by atoms with Crippen LogP contribution in [0, 0.1) is 13.8 Å². The lowest BCUT2D eigenvalue weighted by molar-refractivity contribution is 0.262. The molecule has 0 aliphatic heterocycles. The number of carbonyl (C=O) groups is 1. The summed E-state index contributed by atoms with van der Waals surface area (Å²) in [6.45, 7) is 3.91. The van der Waals surface area contributed by atoms with Crippen LogP contribution < -0.4 is 20.9 Å². The van der Waals surface area contributed by atoms with Crippen LogP contribution in [0.5, 0.6) is 5.75 Å². The van der Waals surface area contributed by atoms with Gasteiger partial charge in [-0.3, -0.25) is 9.20 Å². The molecule has 0 radical (unpaired) electrons. The molecule has 2 aromatic heterocycles. The second-order valence-electron chi connectivity index (χ2n) is 7.33. The first-order valence-corrected chi connectivity index (χ1v) is 10.3. The molecular weight excluding hydrogens is 428 g/mol. The van der Waals surface area contributed by atoms with E-state index in [2.05, 4.69) is 15.6 Å². The molecule has 32 heavy (non-hydrogen) atoms. The molecule has 8 heteroatoms. The molecule has 0 saturated carbocycles. The first-order valence-electron chi connectivity index (χ1n) is 9.94. The van der Waals surface area contributed by atoms with Gasteiger partial charge in [-0.05, 0) is 55.3 Å². The van der Waals surface area contributed by atoms with E-state index in [1.807, 2.05) is 32.0 Å². The number of hydrogen-bond donors (Lipinski definition) is 2. The highest BCUT2D eigenvalue weighted by atomic mass is 35.5. The largest absolute Gasteiger partial charge is 0.487 e. The Balaban J connectivity index is 1.44. The zero-order chi connectivity index (χ0) is 22.7. The Kier molecular flexibility index (Phi) is 6.09. The monoisotopic (exact) mass is 448 g/mol. The Hall–Kier alpha value is -3.84. The van der Waals surface area contributed by atoms with Crippen molar-refractivity contribution in [2.45, 2.75) is 20.5 Å². The number of aryl methyl sites for hydroxylation is 2. The molecule has 162 valence electrons. The van der Waals surface area contributed by atoms with Gasteiger partial charge in [-0.2, -0.15) is 0 Å². The number of halogens is 1. The van der Waals surface area contributed by atoms with Gasteiger partial charge in [0.05, 0.1) is 5.69 Å². The summed E-state index contributed by atoms with van der Waals surface area (Å²) in [5.41, 5.74) is 3.95. The Morgan fingerprint density at radius 3 is 2.72 bits per heavy atom. The van der Waals surface area contributed by atoms with Gasteiger partial charge >= 0.3 is 6.03 Å². The number of fused-ring (bicyclic) bond motifs is 1. The molecule has 0 saturated heterocycles. The number of nitrogens with zero attached hydrogens (tertiary/aromatic N) is 2. The van der Waals surface area contributed by atoms with Crippen molar-refractivity contribution >= 4 is 34.7 Å². The topological polar surface area (TPSA) is 84.7 Å². The lowest BCUT2D eigenvalue weighted by atomic mass is 10.2. The summed E-state index contributed by atoms with van der Waals surface area (Å²) in [4.78, 5) is 29.2. The summed E-state index contributed by atoms with van der Waals surface area (Å²) >= 11 is 6.00. The molecule has 2 heterocycles. The first-order chi connectivity index (χ1) is 15.4. The van der Waals surface area contributed by atoms with Gasteiger partial charge in [0.1, 0.15) is 18.0 Å².